The van der Waals surface area contributed by atoms with Crippen LogP contribution in [-0.4, -0.2) is 11.1 Å². The standard InChI is InChI=1S/C17H13NO3S/c1-11(15-16(19)18-17(20)22-15)12-7-9-14(10-8-12)21-13-5-3-2-4-6-13/h2-10H,1H3,(H,18,19,20)/b15-11+. The Hall–Kier alpha value is -2.53. The fraction of sp³-hybridized carbons (Fsp3) is 0.0588. The molecule has 1 aliphatic rings. The molecule has 0 aromatic heterocycles. The fourth-order valence-electron chi connectivity index (χ4n) is 2.09. The summed E-state index contributed by atoms with van der Waals surface area (Å²) in [5.74, 6) is 1.14. The second kappa shape index (κ2) is 6.07. The third-order valence-corrected chi connectivity index (χ3v) is 4.21. The molecule has 1 heterocycles. The summed E-state index contributed by atoms with van der Waals surface area (Å²) >= 11 is 0.932. The Labute approximate surface area is 132 Å². The molecule has 0 radical (unpaired) electrons. The molecule has 0 unspecified atom stereocenters. The highest BCUT2D eigenvalue weighted by Crippen LogP contribution is 2.32. The van der Waals surface area contributed by atoms with E-state index in [0.717, 1.165) is 28.6 Å². The molecule has 22 heavy (non-hydrogen) atoms. The summed E-state index contributed by atoms with van der Waals surface area (Å²) in [5, 5.41) is 1.93. The summed E-state index contributed by atoms with van der Waals surface area (Å²) in [6.07, 6.45) is 0. The highest BCUT2D eigenvalue weighted by Gasteiger charge is 2.27. The molecule has 110 valence electrons. The first kappa shape index (κ1) is 14.4. The van der Waals surface area contributed by atoms with Gasteiger partial charge in [-0.3, -0.25) is 14.9 Å². The molecular weight excluding hydrogens is 298 g/mol. The van der Waals surface area contributed by atoms with Crippen molar-refractivity contribution in [2.45, 2.75) is 6.92 Å². The molecule has 2 aromatic carbocycles. The van der Waals surface area contributed by atoms with Crippen molar-refractivity contribution >= 4 is 28.5 Å². The zero-order valence-corrected chi connectivity index (χ0v) is 12.6. The van der Waals surface area contributed by atoms with E-state index < -0.39 is 0 Å². The van der Waals surface area contributed by atoms with Gasteiger partial charge in [-0.1, -0.05) is 30.3 Å². The first-order valence-electron chi connectivity index (χ1n) is 6.71. The quantitative estimate of drug-likeness (QED) is 0.863. The van der Waals surface area contributed by atoms with E-state index in [1.165, 1.54) is 0 Å². The van der Waals surface area contributed by atoms with Crippen molar-refractivity contribution in [1.82, 2.24) is 5.32 Å². The van der Waals surface area contributed by atoms with Gasteiger partial charge in [-0.25, -0.2) is 0 Å². The van der Waals surface area contributed by atoms with Gasteiger partial charge < -0.3 is 4.74 Å². The lowest BCUT2D eigenvalue weighted by molar-refractivity contribution is -0.115. The lowest BCUT2D eigenvalue weighted by Gasteiger charge is -2.08. The molecule has 1 aliphatic heterocycles. The van der Waals surface area contributed by atoms with Gasteiger partial charge in [0.1, 0.15) is 11.5 Å². The number of allylic oxidation sites excluding steroid dienone is 1. The van der Waals surface area contributed by atoms with Gasteiger partial charge in [-0.05, 0) is 54.1 Å². The highest BCUT2D eigenvalue weighted by molar-refractivity contribution is 8.18. The van der Waals surface area contributed by atoms with E-state index >= 15 is 0 Å². The van der Waals surface area contributed by atoms with Gasteiger partial charge >= 0.3 is 0 Å². The van der Waals surface area contributed by atoms with Crippen molar-refractivity contribution in [2.75, 3.05) is 0 Å². The number of nitrogens with one attached hydrogen (secondary N) is 1. The van der Waals surface area contributed by atoms with Gasteiger partial charge in [0.2, 0.25) is 0 Å². The maximum absolute atomic E-state index is 11.7. The third-order valence-electron chi connectivity index (χ3n) is 3.22. The number of imide groups is 1. The molecule has 0 aliphatic carbocycles. The molecule has 0 bridgehead atoms. The number of thioether (sulfide) groups is 1. The number of hydrogen-bond donors (Lipinski definition) is 1. The lowest BCUT2D eigenvalue weighted by atomic mass is 10.1. The van der Waals surface area contributed by atoms with Gasteiger partial charge in [0.05, 0.1) is 4.91 Å². The highest BCUT2D eigenvalue weighted by atomic mass is 32.2. The minimum Gasteiger partial charge on any atom is -0.457 e. The van der Waals surface area contributed by atoms with E-state index in [-0.39, 0.29) is 11.1 Å². The Morgan fingerprint density at radius 2 is 1.59 bits per heavy atom. The van der Waals surface area contributed by atoms with Crippen LogP contribution in [0.25, 0.3) is 5.57 Å². The van der Waals surface area contributed by atoms with Crippen LogP contribution in [-0.2, 0) is 4.79 Å². The minimum absolute atomic E-state index is 0.330. The monoisotopic (exact) mass is 311 g/mol. The zero-order chi connectivity index (χ0) is 15.5. The average Bonchev–Trinajstić information content (AvgIpc) is 2.87. The van der Waals surface area contributed by atoms with Gasteiger partial charge in [-0.2, -0.15) is 0 Å². The Morgan fingerprint density at radius 3 is 2.18 bits per heavy atom. The summed E-state index contributed by atoms with van der Waals surface area (Å²) in [5.41, 5.74) is 1.66. The van der Waals surface area contributed by atoms with Gasteiger partial charge in [0.15, 0.2) is 0 Å². The SMILES string of the molecule is C/C(=C1\SC(=O)NC1=O)c1ccc(Oc2ccccc2)cc1. The molecule has 4 nitrogen and oxygen atoms in total. The van der Waals surface area contributed by atoms with Crippen LogP contribution in [0.1, 0.15) is 12.5 Å². The first-order valence-corrected chi connectivity index (χ1v) is 7.52. The van der Waals surface area contributed by atoms with Crippen molar-refractivity contribution in [3.05, 3.63) is 65.1 Å². The van der Waals surface area contributed by atoms with Crippen molar-refractivity contribution in [3.8, 4) is 11.5 Å². The second-order valence-electron chi connectivity index (χ2n) is 4.74. The lowest BCUT2D eigenvalue weighted by Crippen LogP contribution is -2.18. The van der Waals surface area contributed by atoms with Gasteiger partial charge in [0.25, 0.3) is 11.1 Å². The van der Waals surface area contributed by atoms with Crippen LogP contribution in [0.2, 0.25) is 0 Å². The summed E-state index contributed by atoms with van der Waals surface area (Å²) in [6, 6.07) is 16.9. The molecule has 5 heteroatoms. The molecule has 1 fully saturated rings. The molecule has 0 saturated carbocycles. The fourth-order valence-corrected chi connectivity index (χ4v) is 2.83. The molecular formula is C17H13NO3S. The molecule has 2 aromatic rings. The molecule has 2 amide bonds. The Kier molecular flexibility index (Phi) is 3.98. The van der Waals surface area contributed by atoms with Crippen LogP contribution in [0.15, 0.2) is 59.5 Å². The molecule has 1 saturated heterocycles. The van der Waals surface area contributed by atoms with E-state index in [1.54, 1.807) is 0 Å². The number of carbonyl (C=O) groups excluding carboxylic acids is 2. The molecule has 1 N–H and O–H groups in total. The summed E-state index contributed by atoms with van der Waals surface area (Å²) in [7, 11) is 0. The normalized spacial score (nSPS) is 16.4. The third kappa shape index (κ3) is 3.04. The van der Waals surface area contributed by atoms with Gasteiger partial charge in [0, 0.05) is 0 Å². The number of amides is 2. The van der Waals surface area contributed by atoms with Crippen molar-refractivity contribution < 1.29 is 14.3 Å². The number of rotatable bonds is 3. The Bertz CT molecular complexity index is 751. The van der Waals surface area contributed by atoms with Crippen molar-refractivity contribution in [2.24, 2.45) is 0 Å². The maximum Gasteiger partial charge on any atom is 0.290 e. The smallest absolute Gasteiger partial charge is 0.290 e. The van der Waals surface area contributed by atoms with Crippen molar-refractivity contribution in [1.29, 1.82) is 0 Å². The van der Waals surface area contributed by atoms with Crippen LogP contribution in [0.5, 0.6) is 11.5 Å². The van der Waals surface area contributed by atoms with E-state index in [9.17, 15) is 9.59 Å². The van der Waals surface area contributed by atoms with E-state index in [1.807, 2.05) is 61.5 Å². The maximum atomic E-state index is 11.7. The predicted molar refractivity (Wildman–Crippen MR) is 86.7 cm³/mol. The van der Waals surface area contributed by atoms with Crippen LogP contribution >= 0.6 is 11.8 Å². The minimum atomic E-state index is -0.336. The largest absolute Gasteiger partial charge is 0.457 e. The zero-order valence-electron chi connectivity index (χ0n) is 11.8. The predicted octanol–water partition coefficient (Wildman–Crippen LogP) is 4.19. The summed E-state index contributed by atoms with van der Waals surface area (Å²) < 4.78 is 5.72. The number of para-hydroxylation sites is 1. The van der Waals surface area contributed by atoms with Crippen LogP contribution < -0.4 is 10.1 Å². The molecule has 3 rings (SSSR count). The second-order valence-corrected chi connectivity index (χ2v) is 5.72. The number of hydrogen-bond acceptors (Lipinski definition) is 4. The van der Waals surface area contributed by atoms with Crippen LogP contribution in [0.4, 0.5) is 4.79 Å². The topological polar surface area (TPSA) is 55.4 Å². The Morgan fingerprint density at radius 1 is 0.955 bits per heavy atom. The van der Waals surface area contributed by atoms with E-state index in [4.69, 9.17) is 4.74 Å². The average molecular weight is 311 g/mol. The first-order chi connectivity index (χ1) is 10.6. The van der Waals surface area contributed by atoms with Crippen LogP contribution in [0, 0.1) is 0 Å². The van der Waals surface area contributed by atoms with E-state index in [2.05, 4.69) is 5.32 Å². The molecule has 0 spiro atoms. The number of carbonyl (C=O) groups is 2. The van der Waals surface area contributed by atoms with Crippen molar-refractivity contribution in [3.63, 3.8) is 0 Å². The number of ether oxygens (including phenoxy) is 1. The summed E-state index contributed by atoms with van der Waals surface area (Å²) in [4.78, 5) is 23.4. The van der Waals surface area contributed by atoms with Crippen LogP contribution in [0.3, 0.4) is 0 Å². The number of benzene rings is 2. The summed E-state index contributed by atoms with van der Waals surface area (Å²) in [6.45, 7) is 1.83. The van der Waals surface area contributed by atoms with Gasteiger partial charge in [-0.15, -0.1) is 0 Å². The molecule has 0 atom stereocenters. The Balaban J connectivity index is 1.81. The van der Waals surface area contributed by atoms with E-state index in [0.29, 0.717) is 10.7 Å².